The van der Waals surface area contributed by atoms with Gasteiger partial charge in [0.15, 0.2) is 11.6 Å². The number of Topliss-reactive ketones (excluding diaryl/α,β-unsaturated/α-hetero) is 1. The van der Waals surface area contributed by atoms with Gasteiger partial charge in [-0.3, -0.25) is 9.89 Å². The Morgan fingerprint density at radius 1 is 1.17 bits per heavy atom. The Morgan fingerprint density at radius 3 is 2.66 bits per heavy atom. The van der Waals surface area contributed by atoms with Crippen LogP contribution in [0.1, 0.15) is 43.0 Å². The monoisotopic (exact) mass is 405 g/mol. The summed E-state index contributed by atoms with van der Waals surface area (Å²) in [5.41, 5.74) is 4.88. The Balaban J connectivity index is 1.69. The number of aromatic amines is 1. The Bertz CT molecular complexity index is 1110. The number of carbonyl (C=O) groups is 1. The van der Waals surface area contributed by atoms with Crippen LogP contribution in [0.3, 0.4) is 0 Å². The van der Waals surface area contributed by atoms with Crippen LogP contribution in [0.4, 0.5) is 5.82 Å². The lowest BCUT2D eigenvalue weighted by Gasteiger charge is -2.37. The maximum atomic E-state index is 13.3. The minimum Gasteiger partial charge on any atom is -0.497 e. The highest BCUT2D eigenvalue weighted by molar-refractivity contribution is 7.10. The highest BCUT2D eigenvalue weighted by Gasteiger charge is 2.43. The molecule has 5 nitrogen and oxygen atoms in total. The number of allylic oxidation sites excluding steroid dienone is 2. The Labute approximate surface area is 173 Å². The minimum absolute atomic E-state index is 0.0461. The zero-order valence-corrected chi connectivity index (χ0v) is 17.5. The minimum atomic E-state index is -0.0966. The molecule has 0 unspecified atom stereocenters. The highest BCUT2D eigenvalue weighted by atomic mass is 32.1. The normalized spacial score (nSPS) is 20.1. The number of fused-ring (bicyclic) bond motifs is 1. The number of rotatable bonds is 3. The van der Waals surface area contributed by atoms with Crippen LogP contribution in [-0.2, 0) is 4.79 Å². The maximum absolute atomic E-state index is 13.3. The quantitative estimate of drug-likeness (QED) is 0.617. The van der Waals surface area contributed by atoms with Crippen LogP contribution in [0.15, 0.2) is 53.0 Å². The van der Waals surface area contributed by atoms with Crippen molar-refractivity contribution in [3.8, 4) is 17.0 Å². The van der Waals surface area contributed by atoms with Crippen LogP contribution >= 0.6 is 11.3 Å². The van der Waals surface area contributed by atoms with E-state index >= 15 is 0 Å². The van der Waals surface area contributed by atoms with Gasteiger partial charge in [0.1, 0.15) is 5.75 Å². The number of ether oxygens (including phenoxy) is 1. The van der Waals surface area contributed by atoms with Gasteiger partial charge in [-0.1, -0.05) is 19.9 Å². The molecule has 2 N–H and O–H groups in total. The molecule has 0 fully saturated rings. The molecule has 2 aliphatic rings. The van der Waals surface area contributed by atoms with Gasteiger partial charge in [-0.05, 0) is 47.5 Å². The summed E-state index contributed by atoms with van der Waals surface area (Å²) >= 11 is 1.69. The Morgan fingerprint density at radius 2 is 1.97 bits per heavy atom. The van der Waals surface area contributed by atoms with E-state index in [4.69, 9.17) is 4.74 Å². The highest BCUT2D eigenvalue weighted by Crippen LogP contribution is 2.51. The van der Waals surface area contributed by atoms with Crippen LogP contribution in [0.5, 0.6) is 5.75 Å². The number of nitrogens with zero attached hydrogens (tertiary/aromatic N) is 1. The first-order valence-corrected chi connectivity index (χ1v) is 10.6. The van der Waals surface area contributed by atoms with Gasteiger partial charge < -0.3 is 10.1 Å². The molecule has 3 aromatic rings. The third kappa shape index (κ3) is 2.99. The van der Waals surface area contributed by atoms with Crippen molar-refractivity contribution in [2.45, 2.75) is 32.6 Å². The van der Waals surface area contributed by atoms with E-state index in [1.807, 2.05) is 30.3 Å². The van der Waals surface area contributed by atoms with Crippen molar-refractivity contribution in [2.75, 3.05) is 12.4 Å². The predicted octanol–water partition coefficient (Wildman–Crippen LogP) is 5.35. The summed E-state index contributed by atoms with van der Waals surface area (Å²) in [6, 6.07) is 12.1. The van der Waals surface area contributed by atoms with E-state index in [9.17, 15) is 4.79 Å². The number of thiophene rings is 1. The van der Waals surface area contributed by atoms with Gasteiger partial charge in [-0.25, -0.2) is 0 Å². The fraction of sp³-hybridized carbons (Fsp3) is 0.304. The molecule has 0 saturated carbocycles. The molecule has 0 spiro atoms. The molecule has 0 amide bonds. The van der Waals surface area contributed by atoms with Crippen molar-refractivity contribution in [3.63, 3.8) is 0 Å². The summed E-state index contributed by atoms with van der Waals surface area (Å²) < 4.78 is 5.29. The van der Waals surface area contributed by atoms with Gasteiger partial charge >= 0.3 is 0 Å². The van der Waals surface area contributed by atoms with Crippen molar-refractivity contribution in [3.05, 3.63) is 63.5 Å². The number of aromatic nitrogens is 2. The van der Waals surface area contributed by atoms with Gasteiger partial charge in [0.05, 0.1) is 18.7 Å². The molecular formula is C23H23N3O2S. The van der Waals surface area contributed by atoms with Crippen LogP contribution in [0, 0.1) is 5.41 Å². The number of carbonyl (C=O) groups excluding carboxylic acids is 1. The smallest absolute Gasteiger partial charge is 0.162 e. The number of methoxy groups -OCH3 is 1. The van der Waals surface area contributed by atoms with E-state index in [0.29, 0.717) is 6.42 Å². The summed E-state index contributed by atoms with van der Waals surface area (Å²) in [4.78, 5) is 14.4. The van der Waals surface area contributed by atoms with E-state index in [1.54, 1.807) is 18.4 Å². The summed E-state index contributed by atoms with van der Waals surface area (Å²) in [6.07, 6.45) is 1.42. The molecule has 1 atom stereocenters. The summed E-state index contributed by atoms with van der Waals surface area (Å²) in [7, 11) is 1.66. The van der Waals surface area contributed by atoms with Gasteiger partial charge in [-0.15, -0.1) is 11.3 Å². The zero-order chi connectivity index (χ0) is 20.2. The molecule has 1 aromatic carbocycles. The van der Waals surface area contributed by atoms with E-state index in [1.165, 1.54) is 4.88 Å². The number of hydrogen-bond acceptors (Lipinski definition) is 5. The molecule has 1 aliphatic heterocycles. The second-order valence-corrected chi connectivity index (χ2v) is 9.48. The van der Waals surface area contributed by atoms with Gasteiger partial charge in [0.2, 0.25) is 0 Å². The number of ketones is 1. The third-order valence-electron chi connectivity index (χ3n) is 5.78. The number of nitrogens with one attached hydrogen (secondary N) is 2. The zero-order valence-electron chi connectivity index (χ0n) is 16.7. The van der Waals surface area contributed by atoms with Crippen molar-refractivity contribution < 1.29 is 9.53 Å². The first-order valence-electron chi connectivity index (χ1n) is 9.76. The van der Waals surface area contributed by atoms with E-state index < -0.39 is 0 Å². The van der Waals surface area contributed by atoms with Gasteiger partial charge in [0.25, 0.3) is 0 Å². The van der Waals surface area contributed by atoms with Crippen LogP contribution in [-0.4, -0.2) is 23.1 Å². The van der Waals surface area contributed by atoms with Crippen molar-refractivity contribution in [1.29, 1.82) is 0 Å². The average Bonchev–Trinajstić information content (AvgIpc) is 3.35. The first-order chi connectivity index (χ1) is 14.0. The van der Waals surface area contributed by atoms with E-state index in [-0.39, 0.29) is 17.1 Å². The van der Waals surface area contributed by atoms with Gasteiger partial charge in [-0.2, -0.15) is 5.10 Å². The number of H-pyrrole nitrogens is 1. The first kappa shape index (κ1) is 18.2. The van der Waals surface area contributed by atoms with Crippen LogP contribution in [0.2, 0.25) is 0 Å². The lowest BCUT2D eigenvalue weighted by Crippen LogP contribution is -2.33. The molecule has 0 radical (unpaired) electrons. The summed E-state index contributed by atoms with van der Waals surface area (Å²) in [5.74, 6) is 1.76. The largest absolute Gasteiger partial charge is 0.497 e. The number of benzene rings is 1. The fourth-order valence-corrected chi connectivity index (χ4v) is 5.36. The molecule has 2 aromatic heterocycles. The van der Waals surface area contributed by atoms with Crippen molar-refractivity contribution in [2.24, 2.45) is 5.41 Å². The predicted molar refractivity (Wildman–Crippen MR) is 115 cm³/mol. The van der Waals surface area contributed by atoms with Crippen molar-refractivity contribution >= 4 is 22.9 Å². The molecule has 148 valence electrons. The average molecular weight is 406 g/mol. The van der Waals surface area contributed by atoms with Crippen LogP contribution < -0.4 is 10.1 Å². The lowest BCUT2D eigenvalue weighted by molar-refractivity contribution is -0.118. The van der Waals surface area contributed by atoms with Gasteiger partial charge in [0, 0.05) is 33.7 Å². The summed E-state index contributed by atoms with van der Waals surface area (Å²) in [6.45, 7) is 4.30. The van der Waals surface area contributed by atoms with E-state index in [2.05, 4.69) is 40.8 Å². The fourth-order valence-electron chi connectivity index (χ4n) is 4.51. The molecule has 6 heteroatoms. The number of hydrogen-bond donors (Lipinski definition) is 2. The third-order valence-corrected chi connectivity index (χ3v) is 6.71. The SMILES string of the molecule is COc1ccc(-c2[nH]nc3c2[C@@H](c2cccs2)C2=C(CC(C)(C)CC2=O)N3)cc1. The molecule has 29 heavy (non-hydrogen) atoms. The molecule has 3 heterocycles. The van der Waals surface area contributed by atoms with Crippen LogP contribution in [0.25, 0.3) is 11.3 Å². The summed E-state index contributed by atoms with van der Waals surface area (Å²) in [5, 5.41) is 13.4. The topological polar surface area (TPSA) is 67.0 Å². The molecule has 5 rings (SSSR count). The van der Waals surface area contributed by atoms with Crippen molar-refractivity contribution in [1.82, 2.24) is 10.2 Å². The Hall–Kier alpha value is -2.86. The molecule has 0 bridgehead atoms. The molecular weight excluding hydrogens is 382 g/mol. The second-order valence-electron chi connectivity index (χ2n) is 8.50. The lowest BCUT2D eigenvalue weighted by atomic mass is 9.70. The Kier molecular flexibility index (Phi) is 4.13. The standard InChI is InChI=1S/C23H23N3O2S/c1-23(2)11-15-18(16(27)12-23)19(17-5-4-10-29-17)20-21(25-26-22(20)24-15)13-6-8-14(28-3)9-7-13/h4-10,19H,11-12H2,1-3H3,(H2,24,25,26)/t19-/m0/s1. The second kappa shape index (κ2) is 6.59. The molecule has 1 aliphatic carbocycles. The maximum Gasteiger partial charge on any atom is 0.162 e. The molecule has 0 saturated heterocycles. The van der Waals surface area contributed by atoms with E-state index in [0.717, 1.165) is 46.1 Å². The number of anilines is 1.